The maximum Gasteiger partial charge on any atom is 0.290 e. The minimum atomic E-state index is -0.250. The molecule has 0 aromatic carbocycles. The van der Waals surface area contributed by atoms with Gasteiger partial charge in [-0.2, -0.15) is 0 Å². The summed E-state index contributed by atoms with van der Waals surface area (Å²) in [4.78, 5) is 37.5. The van der Waals surface area contributed by atoms with Crippen LogP contribution in [0.4, 0.5) is 0 Å². The molecule has 176 valence electrons. The van der Waals surface area contributed by atoms with E-state index in [1.165, 1.54) is 0 Å². The first-order valence-electron chi connectivity index (χ1n) is 10.9. The molecule has 11 nitrogen and oxygen atoms in total. The van der Waals surface area contributed by atoms with Gasteiger partial charge in [-0.25, -0.2) is 4.98 Å². The van der Waals surface area contributed by atoms with E-state index >= 15 is 0 Å². The molecule has 1 saturated carbocycles. The lowest BCUT2D eigenvalue weighted by molar-refractivity contribution is -0.127. The van der Waals surface area contributed by atoms with Crippen LogP contribution in [0.1, 0.15) is 63.6 Å². The smallest absolute Gasteiger partial charge is 0.290 e. The number of nitrogens with zero attached hydrogens (tertiary/aromatic N) is 5. The first-order valence-corrected chi connectivity index (χ1v) is 10.9. The highest BCUT2D eigenvalue weighted by molar-refractivity contribution is 5.79. The van der Waals surface area contributed by atoms with Crippen LogP contribution in [0.15, 0.2) is 18.7 Å². The normalized spacial score (nSPS) is 18.7. The molecule has 1 fully saturated rings. The second-order valence-corrected chi connectivity index (χ2v) is 7.89. The Morgan fingerprint density at radius 1 is 1.31 bits per heavy atom. The van der Waals surface area contributed by atoms with Gasteiger partial charge in [0.1, 0.15) is 12.2 Å². The first-order chi connectivity index (χ1) is 15.4. The van der Waals surface area contributed by atoms with Crippen LogP contribution in [0.25, 0.3) is 0 Å². The van der Waals surface area contributed by atoms with Crippen LogP contribution in [0.5, 0.6) is 0 Å². The lowest BCUT2D eigenvalue weighted by atomic mass is 9.85. The molecule has 1 aliphatic carbocycles. The summed E-state index contributed by atoms with van der Waals surface area (Å²) >= 11 is 0. The Morgan fingerprint density at radius 2 is 2.00 bits per heavy atom. The Morgan fingerprint density at radius 3 is 2.59 bits per heavy atom. The van der Waals surface area contributed by atoms with Gasteiger partial charge in [-0.15, -0.1) is 10.2 Å². The molecular formula is C21H33N7O4. The van der Waals surface area contributed by atoms with Gasteiger partial charge in [0.2, 0.25) is 11.8 Å². The first kappa shape index (κ1) is 25.0. The molecular weight excluding hydrogens is 414 g/mol. The summed E-state index contributed by atoms with van der Waals surface area (Å²) in [5, 5.41) is 21.0. The SMILES string of the molecule is CCc1nccn1CCC(=O)NC1CCC(C(=O)NC(C)c2nncn2C)CC1.O=CO. The van der Waals surface area contributed by atoms with E-state index in [0.29, 0.717) is 13.0 Å². The maximum atomic E-state index is 12.6. The average molecular weight is 448 g/mol. The predicted octanol–water partition coefficient (Wildman–Crippen LogP) is 1.22. The van der Waals surface area contributed by atoms with Crippen LogP contribution in [0.2, 0.25) is 0 Å². The number of aryl methyl sites for hydroxylation is 3. The van der Waals surface area contributed by atoms with Gasteiger partial charge in [0.25, 0.3) is 6.47 Å². The summed E-state index contributed by atoms with van der Waals surface area (Å²) in [7, 11) is 1.86. The zero-order valence-electron chi connectivity index (χ0n) is 18.9. The number of carboxylic acid groups (broad SMARTS) is 1. The summed E-state index contributed by atoms with van der Waals surface area (Å²) in [5.41, 5.74) is 0. The number of rotatable bonds is 8. The zero-order chi connectivity index (χ0) is 23.5. The van der Waals surface area contributed by atoms with Gasteiger partial charge < -0.3 is 24.9 Å². The van der Waals surface area contributed by atoms with Crippen molar-refractivity contribution in [2.45, 2.75) is 71.0 Å². The van der Waals surface area contributed by atoms with Gasteiger partial charge in [-0.1, -0.05) is 6.92 Å². The molecule has 11 heteroatoms. The number of imidazole rings is 1. The highest BCUT2D eigenvalue weighted by Gasteiger charge is 2.28. The molecule has 3 rings (SSSR count). The van der Waals surface area contributed by atoms with Crippen molar-refractivity contribution in [3.63, 3.8) is 0 Å². The third-order valence-electron chi connectivity index (χ3n) is 5.65. The van der Waals surface area contributed by atoms with Crippen molar-refractivity contribution >= 4 is 18.3 Å². The fourth-order valence-corrected chi connectivity index (χ4v) is 3.96. The molecule has 32 heavy (non-hydrogen) atoms. The van der Waals surface area contributed by atoms with Crippen LogP contribution in [-0.2, 0) is 34.4 Å². The summed E-state index contributed by atoms with van der Waals surface area (Å²) in [6, 6.07) is -0.0280. The highest BCUT2D eigenvalue weighted by atomic mass is 16.3. The number of amides is 2. The van der Waals surface area contributed by atoms with Crippen molar-refractivity contribution < 1.29 is 19.5 Å². The van der Waals surface area contributed by atoms with Crippen molar-refractivity contribution in [3.05, 3.63) is 30.4 Å². The van der Waals surface area contributed by atoms with Crippen molar-refractivity contribution in [2.75, 3.05) is 0 Å². The third-order valence-corrected chi connectivity index (χ3v) is 5.65. The molecule has 2 amide bonds. The predicted molar refractivity (Wildman–Crippen MR) is 116 cm³/mol. The van der Waals surface area contributed by atoms with Crippen LogP contribution >= 0.6 is 0 Å². The van der Waals surface area contributed by atoms with E-state index in [0.717, 1.165) is 43.8 Å². The fraction of sp³-hybridized carbons (Fsp3) is 0.619. The number of nitrogens with one attached hydrogen (secondary N) is 2. The number of hydrogen-bond acceptors (Lipinski definition) is 6. The van der Waals surface area contributed by atoms with Crippen LogP contribution < -0.4 is 10.6 Å². The molecule has 0 spiro atoms. The molecule has 2 aromatic heterocycles. The van der Waals surface area contributed by atoms with E-state index in [9.17, 15) is 9.59 Å². The number of aromatic nitrogens is 5. The van der Waals surface area contributed by atoms with Crippen molar-refractivity contribution in [2.24, 2.45) is 13.0 Å². The molecule has 2 aromatic rings. The molecule has 0 saturated heterocycles. The highest BCUT2D eigenvalue weighted by Crippen LogP contribution is 2.25. The van der Waals surface area contributed by atoms with Gasteiger partial charge >= 0.3 is 0 Å². The van der Waals surface area contributed by atoms with Crippen molar-refractivity contribution in [3.8, 4) is 0 Å². The van der Waals surface area contributed by atoms with E-state index in [-0.39, 0.29) is 36.3 Å². The summed E-state index contributed by atoms with van der Waals surface area (Å²) < 4.78 is 3.84. The quantitative estimate of drug-likeness (QED) is 0.516. The topological polar surface area (TPSA) is 144 Å². The molecule has 0 aliphatic heterocycles. The maximum absolute atomic E-state index is 12.6. The summed E-state index contributed by atoms with van der Waals surface area (Å²) in [5.74, 6) is 1.84. The largest absolute Gasteiger partial charge is 0.483 e. The summed E-state index contributed by atoms with van der Waals surface area (Å²) in [6.45, 7) is 4.37. The molecule has 3 N–H and O–H groups in total. The van der Waals surface area contributed by atoms with Gasteiger partial charge in [-0.3, -0.25) is 14.4 Å². The lowest BCUT2D eigenvalue weighted by Gasteiger charge is -2.29. The van der Waals surface area contributed by atoms with E-state index in [1.54, 1.807) is 12.5 Å². The zero-order valence-corrected chi connectivity index (χ0v) is 18.9. The fourth-order valence-electron chi connectivity index (χ4n) is 3.96. The minimum Gasteiger partial charge on any atom is -0.483 e. The van der Waals surface area contributed by atoms with E-state index < -0.39 is 0 Å². The second kappa shape index (κ2) is 12.6. The van der Waals surface area contributed by atoms with E-state index in [2.05, 4.69) is 32.7 Å². The van der Waals surface area contributed by atoms with Gasteiger partial charge in [0.05, 0.1) is 6.04 Å². The van der Waals surface area contributed by atoms with Gasteiger partial charge in [0.15, 0.2) is 5.82 Å². The molecule has 2 heterocycles. The molecule has 1 unspecified atom stereocenters. The monoisotopic (exact) mass is 447 g/mol. The Hall–Kier alpha value is -3.24. The third kappa shape index (κ3) is 7.17. The molecule has 1 aliphatic rings. The standard InChI is InChI=1S/C20H31N7O2.CH2O2/c1-4-17-21-10-12-27(17)11-9-18(28)24-16-7-5-15(6-8-16)20(29)23-14(2)19-25-22-13-26(19)3;2-1-3/h10,12-16H,4-9,11H2,1-3H3,(H,23,29)(H,24,28);1H,(H,2,3). The molecule has 1 atom stereocenters. The Balaban J connectivity index is 0.00000114. The molecule has 0 bridgehead atoms. The Kier molecular flexibility index (Phi) is 9.83. The lowest BCUT2D eigenvalue weighted by Crippen LogP contribution is -2.41. The van der Waals surface area contributed by atoms with E-state index in [4.69, 9.17) is 9.90 Å². The van der Waals surface area contributed by atoms with Gasteiger partial charge in [0, 0.05) is 50.8 Å². The number of hydrogen-bond donors (Lipinski definition) is 3. The van der Waals surface area contributed by atoms with Crippen molar-refractivity contribution in [1.29, 1.82) is 0 Å². The Bertz CT molecular complexity index is 871. The van der Waals surface area contributed by atoms with E-state index in [1.807, 2.05) is 29.3 Å². The Labute approximate surface area is 187 Å². The van der Waals surface area contributed by atoms with Gasteiger partial charge in [-0.05, 0) is 32.6 Å². The molecule has 0 radical (unpaired) electrons. The minimum absolute atomic E-state index is 0.0168. The number of carbonyl (C=O) groups excluding carboxylic acids is 2. The number of carbonyl (C=O) groups is 3. The van der Waals surface area contributed by atoms with Crippen LogP contribution in [-0.4, -0.2) is 53.8 Å². The second-order valence-electron chi connectivity index (χ2n) is 7.89. The average Bonchev–Trinajstić information content (AvgIpc) is 3.41. The van der Waals surface area contributed by atoms with Crippen LogP contribution in [0.3, 0.4) is 0 Å². The summed E-state index contributed by atoms with van der Waals surface area (Å²) in [6.07, 6.45) is 9.83. The van der Waals surface area contributed by atoms with Crippen LogP contribution in [0, 0.1) is 5.92 Å². The van der Waals surface area contributed by atoms with Crippen molar-refractivity contribution in [1.82, 2.24) is 34.9 Å².